The van der Waals surface area contributed by atoms with Crippen LogP contribution in [0.25, 0.3) is 0 Å². The summed E-state index contributed by atoms with van der Waals surface area (Å²) >= 11 is 0. The van der Waals surface area contributed by atoms with Crippen LogP contribution in [0, 0.1) is 0 Å². The first-order chi connectivity index (χ1) is 11.6. The monoisotopic (exact) mass is 398 g/mol. The van der Waals surface area contributed by atoms with E-state index in [-0.39, 0.29) is 4.79 Å². The molecule has 0 aliphatic rings. The second-order valence-corrected chi connectivity index (χ2v) is 15.3. The molecule has 9 heteroatoms. The normalized spacial score (nSPS) is 13.5. The molecule has 0 spiro atoms. The molecule has 0 atom stereocenters. The van der Waals surface area contributed by atoms with Gasteiger partial charge in [0.05, 0.1) is 4.79 Å². The van der Waals surface area contributed by atoms with Crippen LogP contribution in [0.3, 0.4) is 0 Å². The molecular formula is C15H38O6Si3. The van der Waals surface area contributed by atoms with Crippen molar-refractivity contribution in [3.05, 3.63) is 0 Å². The Morgan fingerprint density at radius 1 is 0.542 bits per heavy atom. The van der Waals surface area contributed by atoms with Crippen LogP contribution in [0.1, 0.15) is 48.5 Å². The summed E-state index contributed by atoms with van der Waals surface area (Å²) in [4.78, 5) is 0.0229. The van der Waals surface area contributed by atoms with E-state index in [0.29, 0.717) is 39.6 Å². The van der Waals surface area contributed by atoms with Crippen molar-refractivity contribution in [3.8, 4) is 0 Å². The highest BCUT2D eigenvalue weighted by molar-refractivity contribution is 6.93. The SMILES string of the molecule is CCO[Si](OCC)(OCC)C([SiH2]CC)[Si](OCC)(OCC)OCC. The first-order valence-electron chi connectivity index (χ1n) is 9.39. The van der Waals surface area contributed by atoms with Gasteiger partial charge in [0, 0.05) is 49.2 Å². The molecule has 0 aromatic carbocycles. The lowest BCUT2D eigenvalue weighted by Crippen LogP contribution is -2.66. The molecule has 0 amide bonds. The summed E-state index contributed by atoms with van der Waals surface area (Å²) in [6.45, 7) is 17.4. The summed E-state index contributed by atoms with van der Waals surface area (Å²) < 4.78 is 37.2. The fraction of sp³-hybridized carbons (Fsp3) is 1.00. The highest BCUT2D eigenvalue weighted by Gasteiger charge is 2.64. The maximum absolute atomic E-state index is 6.19. The third kappa shape index (κ3) is 6.61. The maximum atomic E-state index is 6.19. The molecule has 0 unspecified atom stereocenters. The van der Waals surface area contributed by atoms with Crippen molar-refractivity contribution < 1.29 is 26.6 Å². The van der Waals surface area contributed by atoms with Gasteiger partial charge in [-0.25, -0.2) is 0 Å². The summed E-state index contributed by atoms with van der Waals surface area (Å²) in [5.41, 5.74) is 0. The Hall–Kier alpha value is 0.411. The van der Waals surface area contributed by atoms with Gasteiger partial charge in [0.15, 0.2) is 0 Å². The third-order valence-electron chi connectivity index (χ3n) is 3.50. The molecule has 0 saturated heterocycles. The minimum absolute atomic E-state index is 0.0229. The molecule has 0 saturated carbocycles. The van der Waals surface area contributed by atoms with Crippen molar-refractivity contribution in [1.82, 2.24) is 0 Å². The molecule has 6 nitrogen and oxygen atoms in total. The minimum Gasteiger partial charge on any atom is -0.374 e. The Balaban J connectivity index is 6.05. The summed E-state index contributed by atoms with van der Waals surface area (Å²) in [7, 11) is -6.51. The zero-order valence-corrected chi connectivity index (χ0v) is 20.1. The number of rotatable bonds is 16. The van der Waals surface area contributed by atoms with Gasteiger partial charge >= 0.3 is 17.6 Å². The van der Waals surface area contributed by atoms with E-state index in [0.717, 1.165) is 6.04 Å². The van der Waals surface area contributed by atoms with Gasteiger partial charge in [0.2, 0.25) is 0 Å². The van der Waals surface area contributed by atoms with E-state index in [4.69, 9.17) is 26.6 Å². The molecule has 0 heterocycles. The fourth-order valence-corrected chi connectivity index (χ4v) is 17.5. The second-order valence-electron chi connectivity index (χ2n) is 5.15. The van der Waals surface area contributed by atoms with E-state index >= 15 is 0 Å². The van der Waals surface area contributed by atoms with Crippen molar-refractivity contribution >= 4 is 27.1 Å². The molecular weight excluding hydrogens is 360 g/mol. The lowest BCUT2D eigenvalue weighted by Gasteiger charge is -2.42. The van der Waals surface area contributed by atoms with Crippen molar-refractivity contribution in [2.24, 2.45) is 0 Å². The van der Waals surface area contributed by atoms with E-state index in [1.807, 2.05) is 41.5 Å². The van der Waals surface area contributed by atoms with E-state index in [9.17, 15) is 0 Å². The van der Waals surface area contributed by atoms with Crippen molar-refractivity contribution in [3.63, 3.8) is 0 Å². The van der Waals surface area contributed by atoms with Crippen molar-refractivity contribution in [1.29, 1.82) is 0 Å². The predicted molar refractivity (Wildman–Crippen MR) is 104 cm³/mol. The topological polar surface area (TPSA) is 55.4 Å². The fourth-order valence-electron chi connectivity index (χ4n) is 2.92. The predicted octanol–water partition coefficient (Wildman–Crippen LogP) is 2.56. The molecule has 0 aromatic rings. The molecule has 0 radical (unpaired) electrons. The average Bonchev–Trinajstić information content (AvgIpc) is 2.54. The minimum atomic E-state index is -2.94. The molecule has 146 valence electrons. The molecule has 0 aliphatic heterocycles. The number of hydrogen-bond acceptors (Lipinski definition) is 6. The Kier molecular flexibility index (Phi) is 13.8. The summed E-state index contributed by atoms with van der Waals surface area (Å²) in [5, 5.41) is 0. The van der Waals surface area contributed by atoms with Crippen LogP contribution in [-0.4, -0.2) is 66.8 Å². The quantitative estimate of drug-likeness (QED) is 0.372. The third-order valence-corrected chi connectivity index (χ3v) is 17.4. The molecule has 0 aliphatic carbocycles. The molecule has 24 heavy (non-hydrogen) atoms. The van der Waals surface area contributed by atoms with Crippen molar-refractivity contribution in [2.45, 2.75) is 59.3 Å². The largest absolute Gasteiger partial charge is 0.505 e. The van der Waals surface area contributed by atoms with E-state index in [2.05, 4.69) is 6.92 Å². The van der Waals surface area contributed by atoms with E-state index < -0.39 is 27.1 Å². The highest BCUT2D eigenvalue weighted by atomic mass is 28.5. The Bertz CT molecular complexity index is 249. The first-order valence-corrected chi connectivity index (χ1v) is 14.8. The van der Waals surface area contributed by atoms with Crippen molar-refractivity contribution in [2.75, 3.05) is 39.6 Å². The van der Waals surface area contributed by atoms with Crippen LogP contribution in [0.15, 0.2) is 0 Å². The Labute approximate surface area is 153 Å². The Morgan fingerprint density at radius 3 is 0.958 bits per heavy atom. The lowest BCUT2D eigenvalue weighted by molar-refractivity contribution is 0.0421. The molecule has 0 bridgehead atoms. The van der Waals surface area contributed by atoms with E-state index in [1.54, 1.807) is 0 Å². The van der Waals surface area contributed by atoms with Crippen LogP contribution in [0.5, 0.6) is 0 Å². The van der Waals surface area contributed by atoms with Crippen LogP contribution in [-0.2, 0) is 26.6 Å². The zero-order chi connectivity index (χ0) is 18.5. The van der Waals surface area contributed by atoms with Gasteiger partial charge in [0.1, 0.15) is 0 Å². The Morgan fingerprint density at radius 2 is 0.792 bits per heavy atom. The van der Waals surface area contributed by atoms with Gasteiger partial charge in [-0.15, -0.1) is 0 Å². The summed E-state index contributed by atoms with van der Waals surface area (Å²) in [6.07, 6.45) is 0. The second kappa shape index (κ2) is 13.6. The molecule has 0 N–H and O–H groups in total. The van der Waals surface area contributed by atoms with Gasteiger partial charge < -0.3 is 26.6 Å². The van der Waals surface area contributed by atoms with Gasteiger partial charge in [0.25, 0.3) is 0 Å². The first kappa shape index (κ1) is 24.4. The van der Waals surface area contributed by atoms with Crippen LogP contribution < -0.4 is 0 Å². The van der Waals surface area contributed by atoms with Gasteiger partial charge in [-0.2, -0.15) is 0 Å². The maximum Gasteiger partial charge on any atom is 0.505 e. The van der Waals surface area contributed by atoms with Gasteiger partial charge in [-0.1, -0.05) is 13.0 Å². The van der Waals surface area contributed by atoms with Crippen LogP contribution in [0.2, 0.25) is 10.8 Å². The van der Waals surface area contributed by atoms with Crippen LogP contribution >= 0.6 is 0 Å². The lowest BCUT2D eigenvalue weighted by atomic mass is 10.9. The smallest absolute Gasteiger partial charge is 0.374 e. The molecule has 0 fully saturated rings. The van der Waals surface area contributed by atoms with Gasteiger partial charge in [-0.3, -0.25) is 0 Å². The average molecular weight is 399 g/mol. The molecule has 0 aromatic heterocycles. The highest BCUT2D eigenvalue weighted by Crippen LogP contribution is 2.37. The molecule has 0 rings (SSSR count). The van der Waals surface area contributed by atoms with Gasteiger partial charge in [-0.05, 0) is 41.5 Å². The van der Waals surface area contributed by atoms with Crippen LogP contribution in [0.4, 0.5) is 0 Å². The summed E-state index contributed by atoms with van der Waals surface area (Å²) in [6, 6.07) is 1.09. The standard InChI is InChI=1S/C15H38O6Si3/c1-8-16-23(17-9-2,18-10-3)15(22-14-7)24(19-11-4,20-12-5)21-13-6/h15H,8-14,22H2,1-7H3. The summed E-state index contributed by atoms with van der Waals surface area (Å²) in [5.74, 6) is 0. The number of hydrogen-bond donors (Lipinski definition) is 0. The van der Waals surface area contributed by atoms with E-state index in [1.165, 1.54) is 0 Å². The zero-order valence-electron chi connectivity index (χ0n) is 16.7.